The van der Waals surface area contributed by atoms with Gasteiger partial charge in [-0.05, 0) is 18.6 Å². The predicted molar refractivity (Wildman–Crippen MR) is 56.2 cm³/mol. The number of aromatic nitrogens is 1. The summed E-state index contributed by atoms with van der Waals surface area (Å²) in [5, 5.41) is 9.20. The highest BCUT2D eigenvalue weighted by Gasteiger charge is 2.38. The number of carbonyl (C=O) groups is 1. The Balaban J connectivity index is 3.25. The molecule has 0 atom stereocenters. The summed E-state index contributed by atoms with van der Waals surface area (Å²) < 4.78 is 67.2. The van der Waals surface area contributed by atoms with Gasteiger partial charge in [0.1, 0.15) is 11.4 Å². The molecule has 0 aromatic carbocycles. The van der Waals surface area contributed by atoms with Crippen molar-refractivity contribution in [3.05, 3.63) is 23.0 Å². The van der Waals surface area contributed by atoms with E-state index in [1.165, 1.54) is 6.92 Å². The van der Waals surface area contributed by atoms with Gasteiger partial charge in [0, 0.05) is 0 Å². The summed E-state index contributed by atoms with van der Waals surface area (Å²) in [6.07, 6.45) is -9.09. The maximum atomic E-state index is 12.7. The van der Waals surface area contributed by atoms with Crippen molar-refractivity contribution in [2.45, 2.75) is 25.9 Å². The molecule has 1 aromatic rings. The number of hydrogen-bond donors (Lipinski definition) is 1. The van der Waals surface area contributed by atoms with E-state index in [0.717, 1.165) is 0 Å². The first kappa shape index (κ1) is 16.1. The van der Waals surface area contributed by atoms with E-state index in [-0.39, 0.29) is 6.61 Å². The third kappa shape index (κ3) is 3.78. The lowest BCUT2D eigenvalue weighted by Crippen LogP contribution is -2.15. The summed E-state index contributed by atoms with van der Waals surface area (Å²) in [6, 6.07) is 0.453. The van der Waals surface area contributed by atoms with Gasteiger partial charge in [-0.1, -0.05) is 0 Å². The van der Waals surface area contributed by atoms with Crippen LogP contribution in [0.2, 0.25) is 0 Å². The predicted octanol–water partition coefficient (Wildman–Crippen LogP) is 2.85. The molecular formula is C11H10F5NO3. The van der Waals surface area contributed by atoms with E-state index in [0.29, 0.717) is 6.07 Å². The van der Waals surface area contributed by atoms with Crippen LogP contribution in [-0.2, 0) is 22.1 Å². The van der Waals surface area contributed by atoms with Crippen LogP contribution in [-0.4, -0.2) is 22.7 Å². The molecule has 4 nitrogen and oxygen atoms in total. The van der Waals surface area contributed by atoms with E-state index in [1.807, 2.05) is 0 Å². The molecule has 0 aliphatic rings. The van der Waals surface area contributed by atoms with Crippen LogP contribution in [0.25, 0.3) is 0 Å². The zero-order chi connectivity index (χ0) is 15.5. The maximum absolute atomic E-state index is 12.7. The van der Waals surface area contributed by atoms with Gasteiger partial charge in [0.2, 0.25) is 0 Å². The Kier molecular flexibility index (Phi) is 4.85. The van der Waals surface area contributed by atoms with E-state index in [1.54, 1.807) is 0 Å². The highest BCUT2D eigenvalue weighted by atomic mass is 19.4. The van der Waals surface area contributed by atoms with Crippen molar-refractivity contribution >= 4 is 5.97 Å². The fraction of sp³-hybridized carbons (Fsp3) is 0.455. The molecule has 1 heterocycles. The van der Waals surface area contributed by atoms with Crippen molar-refractivity contribution in [1.29, 1.82) is 0 Å². The topological polar surface area (TPSA) is 59.4 Å². The summed E-state index contributed by atoms with van der Waals surface area (Å²) in [6.45, 7) is 1.47. The Morgan fingerprint density at radius 1 is 1.45 bits per heavy atom. The van der Waals surface area contributed by atoms with Crippen LogP contribution in [0.4, 0.5) is 22.0 Å². The molecule has 0 aliphatic carbocycles. The molecule has 0 unspecified atom stereocenters. The van der Waals surface area contributed by atoms with Crippen molar-refractivity contribution in [2.24, 2.45) is 0 Å². The van der Waals surface area contributed by atoms with Crippen molar-refractivity contribution < 1.29 is 36.6 Å². The Hall–Kier alpha value is -1.93. The van der Waals surface area contributed by atoms with Crippen LogP contribution in [0.15, 0.2) is 6.07 Å². The first-order chi connectivity index (χ1) is 9.16. The standard InChI is InChI=1S/C11H10F5NO3/c1-2-20-7(19)4-5-3-6(18)9(11(14,15)16)17-8(5)10(12)13/h3,10,18H,2,4H2,1H3. The second-order valence-corrected chi connectivity index (χ2v) is 3.68. The molecule has 0 saturated carbocycles. The minimum absolute atomic E-state index is 0.0110. The Morgan fingerprint density at radius 3 is 2.50 bits per heavy atom. The number of ether oxygens (including phenoxy) is 1. The average molecular weight is 299 g/mol. The molecule has 112 valence electrons. The fourth-order valence-electron chi connectivity index (χ4n) is 1.46. The Labute approximate surface area is 110 Å². The van der Waals surface area contributed by atoms with Gasteiger partial charge in [0.15, 0.2) is 5.69 Å². The van der Waals surface area contributed by atoms with Crippen LogP contribution < -0.4 is 0 Å². The molecule has 0 fully saturated rings. The van der Waals surface area contributed by atoms with Crippen molar-refractivity contribution in [1.82, 2.24) is 4.98 Å². The number of alkyl halides is 5. The molecule has 0 spiro atoms. The zero-order valence-corrected chi connectivity index (χ0v) is 10.2. The third-order valence-corrected chi connectivity index (χ3v) is 2.23. The largest absolute Gasteiger partial charge is 0.506 e. The maximum Gasteiger partial charge on any atom is 0.437 e. The van der Waals surface area contributed by atoms with E-state index < -0.39 is 47.7 Å². The number of halogens is 5. The lowest BCUT2D eigenvalue weighted by atomic mass is 10.1. The van der Waals surface area contributed by atoms with E-state index in [4.69, 9.17) is 0 Å². The van der Waals surface area contributed by atoms with Gasteiger partial charge in [0.05, 0.1) is 13.0 Å². The van der Waals surface area contributed by atoms with E-state index in [2.05, 4.69) is 9.72 Å². The van der Waals surface area contributed by atoms with Gasteiger partial charge in [-0.3, -0.25) is 4.79 Å². The van der Waals surface area contributed by atoms with Crippen molar-refractivity contribution in [3.8, 4) is 5.75 Å². The van der Waals surface area contributed by atoms with Crippen molar-refractivity contribution in [2.75, 3.05) is 6.61 Å². The summed E-state index contributed by atoms with van der Waals surface area (Å²) in [5.41, 5.74) is -3.53. The average Bonchev–Trinajstić information content (AvgIpc) is 2.26. The van der Waals surface area contributed by atoms with E-state index >= 15 is 0 Å². The normalized spacial score (nSPS) is 11.8. The molecule has 1 aromatic heterocycles. The third-order valence-electron chi connectivity index (χ3n) is 2.23. The second-order valence-electron chi connectivity index (χ2n) is 3.68. The Morgan fingerprint density at radius 2 is 2.05 bits per heavy atom. The lowest BCUT2D eigenvalue weighted by Gasteiger charge is -2.13. The number of nitrogens with zero attached hydrogens (tertiary/aromatic N) is 1. The van der Waals surface area contributed by atoms with Gasteiger partial charge in [-0.2, -0.15) is 13.2 Å². The molecular weight excluding hydrogens is 289 g/mol. The molecule has 0 radical (unpaired) electrons. The molecule has 0 amide bonds. The van der Waals surface area contributed by atoms with E-state index in [9.17, 15) is 31.9 Å². The summed E-state index contributed by atoms with van der Waals surface area (Å²) >= 11 is 0. The first-order valence-electron chi connectivity index (χ1n) is 5.40. The van der Waals surface area contributed by atoms with Gasteiger partial charge < -0.3 is 9.84 Å². The first-order valence-corrected chi connectivity index (χ1v) is 5.40. The highest BCUT2D eigenvalue weighted by molar-refractivity contribution is 5.73. The lowest BCUT2D eigenvalue weighted by molar-refractivity contribution is -0.142. The number of rotatable bonds is 4. The molecule has 20 heavy (non-hydrogen) atoms. The Bertz CT molecular complexity index is 502. The summed E-state index contributed by atoms with van der Waals surface area (Å²) in [7, 11) is 0. The van der Waals surface area contributed by atoms with Crippen LogP contribution in [0.3, 0.4) is 0 Å². The van der Waals surface area contributed by atoms with Gasteiger partial charge in [0.25, 0.3) is 6.43 Å². The number of hydrogen-bond acceptors (Lipinski definition) is 4. The number of aromatic hydroxyl groups is 1. The molecule has 1 N–H and O–H groups in total. The van der Waals surface area contributed by atoms with Crippen LogP contribution in [0.5, 0.6) is 5.75 Å². The molecule has 0 aliphatic heterocycles. The van der Waals surface area contributed by atoms with Crippen LogP contribution in [0.1, 0.15) is 30.3 Å². The van der Waals surface area contributed by atoms with Gasteiger partial charge in [-0.15, -0.1) is 0 Å². The molecule has 9 heteroatoms. The number of carbonyl (C=O) groups excluding carboxylic acids is 1. The quantitative estimate of drug-likeness (QED) is 0.686. The summed E-state index contributed by atoms with van der Waals surface area (Å²) in [5.74, 6) is -2.23. The highest BCUT2D eigenvalue weighted by Crippen LogP contribution is 2.37. The fourth-order valence-corrected chi connectivity index (χ4v) is 1.46. The van der Waals surface area contributed by atoms with Crippen LogP contribution >= 0.6 is 0 Å². The minimum Gasteiger partial charge on any atom is -0.506 e. The monoisotopic (exact) mass is 299 g/mol. The molecule has 0 bridgehead atoms. The smallest absolute Gasteiger partial charge is 0.437 e. The van der Waals surface area contributed by atoms with Crippen LogP contribution in [0, 0.1) is 0 Å². The number of esters is 1. The number of pyridine rings is 1. The zero-order valence-electron chi connectivity index (χ0n) is 10.2. The molecule has 0 saturated heterocycles. The van der Waals surface area contributed by atoms with Gasteiger partial charge >= 0.3 is 12.1 Å². The second kappa shape index (κ2) is 6.02. The van der Waals surface area contributed by atoms with Gasteiger partial charge in [-0.25, -0.2) is 13.8 Å². The molecule has 1 rings (SSSR count). The van der Waals surface area contributed by atoms with Crippen molar-refractivity contribution in [3.63, 3.8) is 0 Å². The SMILES string of the molecule is CCOC(=O)Cc1cc(O)c(C(F)(F)F)nc1C(F)F. The minimum atomic E-state index is -5.07. The summed E-state index contributed by atoms with van der Waals surface area (Å²) in [4.78, 5) is 13.9.